The minimum Gasteiger partial charge on any atom is -0.301 e. The first-order chi connectivity index (χ1) is 13.6. The van der Waals surface area contributed by atoms with Crippen molar-refractivity contribution in [2.24, 2.45) is 5.92 Å². The van der Waals surface area contributed by atoms with Gasteiger partial charge in [0.05, 0.1) is 6.20 Å². The molecule has 28 heavy (non-hydrogen) atoms. The Kier molecular flexibility index (Phi) is 4.82. The number of fused-ring (bicyclic) bond motifs is 3. The van der Waals surface area contributed by atoms with Crippen LogP contribution in [0.25, 0.3) is 11.0 Å². The summed E-state index contributed by atoms with van der Waals surface area (Å²) >= 11 is 0. The van der Waals surface area contributed by atoms with Gasteiger partial charge in [-0.1, -0.05) is 0 Å². The number of hydrogen-bond acceptors (Lipinski definition) is 3. The molecule has 1 aliphatic heterocycles. The summed E-state index contributed by atoms with van der Waals surface area (Å²) < 4.78 is 4.34. The highest BCUT2D eigenvalue weighted by Crippen LogP contribution is 2.35. The molecule has 1 atom stereocenters. The number of pyridine rings is 1. The minimum atomic E-state index is 0.293. The monoisotopic (exact) mass is 382 g/mol. The Bertz CT molecular complexity index is 921. The van der Waals surface area contributed by atoms with Crippen LogP contribution < -0.4 is 5.56 Å². The maximum atomic E-state index is 13.5. The second-order valence-electron chi connectivity index (χ2n) is 9.58. The molecule has 0 N–H and O–H groups in total. The van der Waals surface area contributed by atoms with Crippen LogP contribution in [0.15, 0.2) is 11.0 Å². The van der Waals surface area contributed by atoms with Gasteiger partial charge in [-0.15, -0.1) is 0 Å². The Labute approximate surface area is 167 Å². The van der Waals surface area contributed by atoms with Crippen molar-refractivity contribution in [3.05, 3.63) is 27.7 Å². The zero-order chi connectivity index (χ0) is 19.3. The van der Waals surface area contributed by atoms with Gasteiger partial charge in [0.2, 0.25) is 0 Å². The van der Waals surface area contributed by atoms with Gasteiger partial charge in [-0.2, -0.15) is 5.10 Å². The van der Waals surface area contributed by atoms with E-state index in [4.69, 9.17) is 5.10 Å². The molecular formula is C23H34N4O. The fourth-order valence-corrected chi connectivity index (χ4v) is 5.60. The van der Waals surface area contributed by atoms with Gasteiger partial charge in [0.15, 0.2) is 0 Å². The Balaban J connectivity index is 1.56. The standard InChI is InChI=1S/C23H34N4O/c1-16(2)25-12-6-7-17(14-25)15-26-22-21(13-24-26)19-10-3-4-11-20(19)23(28)27(22)18-8-5-9-18/h13,16-18H,3-12,14-15H2,1-2H3. The number of piperidine rings is 1. The minimum absolute atomic E-state index is 0.293. The Morgan fingerprint density at radius 3 is 2.57 bits per heavy atom. The normalized spacial score (nSPS) is 23.9. The van der Waals surface area contributed by atoms with E-state index in [1.54, 1.807) is 0 Å². The second-order valence-corrected chi connectivity index (χ2v) is 9.58. The fourth-order valence-electron chi connectivity index (χ4n) is 5.60. The van der Waals surface area contributed by atoms with E-state index >= 15 is 0 Å². The molecule has 0 bridgehead atoms. The fraction of sp³-hybridized carbons (Fsp3) is 0.739. The van der Waals surface area contributed by atoms with Crippen LogP contribution in [-0.4, -0.2) is 38.4 Å². The maximum absolute atomic E-state index is 13.5. The Hall–Kier alpha value is -1.62. The first kappa shape index (κ1) is 18.4. The van der Waals surface area contributed by atoms with Gasteiger partial charge >= 0.3 is 0 Å². The first-order valence-corrected chi connectivity index (χ1v) is 11.5. The largest absolute Gasteiger partial charge is 0.301 e. The third kappa shape index (κ3) is 3.02. The zero-order valence-electron chi connectivity index (χ0n) is 17.5. The van der Waals surface area contributed by atoms with Crippen LogP contribution in [0.5, 0.6) is 0 Å². The van der Waals surface area contributed by atoms with Crippen molar-refractivity contribution < 1.29 is 0 Å². The molecule has 3 aliphatic rings. The third-order valence-corrected chi connectivity index (χ3v) is 7.46. The van der Waals surface area contributed by atoms with Crippen LogP contribution in [-0.2, 0) is 19.4 Å². The SMILES string of the molecule is CC(C)N1CCCC(Cn2ncc3c4c(c(=O)n(C5CCC5)c32)CCCC4)C1. The number of hydrogen-bond donors (Lipinski definition) is 0. The quantitative estimate of drug-likeness (QED) is 0.805. The van der Waals surface area contributed by atoms with Gasteiger partial charge in [-0.25, -0.2) is 4.68 Å². The van der Waals surface area contributed by atoms with E-state index in [-0.39, 0.29) is 0 Å². The molecular weight excluding hydrogens is 348 g/mol. The number of aryl methyl sites for hydroxylation is 1. The van der Waals surface area contributed by atoms with E-state index in [1.165, 1.54) is 43.2 Å². The second kappa shape index (κ2) is 7.33. The van der Waals surface area contributed by atoms with Crippen LogP contribution in [0.4, 0.5) is 0 Å². The van der Waals surface area contributed by atoms with Gasteiger partial charge in [0.1, 0.15) is 5.65 Å². The summed E-state index contributed by atoms with van der Waals surface area (Å²) in [5.74, 6) is 0.625. The molecule has 2 aromatic rings. The predicted octanol–water partition coefficient (Wildman–Crippen LogP) is 3.92. The van der Waals surface area contributed by atoms with Crippen molar-refractivity contribution in [3.8, 4) is 0 Å². The zero-order valence-corrected chi connectivity index (χ0v) is 17.5. The van der Waals surface area contributed by atoms with E-state index in [2.05, 4.69) is 34.2 Å². The van der Waals surface area contributed by atoms with E-state index in [0.717, 1.165) is 56.4 Å². The molecule has 0 radical (unpaired) electrons. The maximum Gasteiger partial charge on any atom is 0.255 e. The van der Waals surface area contributed by atoms with Gasteiger partial charge in [-0.3, -0.25) is 9.36 Å². The van der Waals surface area contributed by atoms with Crippen molar-refractivity contribution in [2.75, 3.05) is 13.1 Å². The lowest BCUT2D eigenvalue weighted by atomic mass is 9.88. The predicted molar refractivity (Wildman–Crippen MR) is 113 cm³/mol. The van der Waals surface area contributed by atoms with Crippen molar-refractivity contribution in [1.29, 1.82) is 0 Å². The molecule has 152 valence electrons. The molecule has 5 nitrogen and oxygen atoms in total. The highest BCUT2D eigenvalue weighted by atomic mass is 16.1. The van der Waals surface area contributed by atoms with Crippen molar-refractivity contribution >= 4 is 11.0 Å². The van der Waals surface area contributed by atoms with Crippen molar-refractivity contribution in [1.82, 2.24) is 19.2 Å². The van der Waals surface area contributed by atoms with E-state index in [0.29, 0.717) is 23.6 Å². The van der Waals surface area contributed by atoms with Crippen molar-refractivity contribution in [3.63, 3.8) is 0 Å². The van der Waals surface area contributed by atoms with Crippen LogP contribution in [0, 0.1) is 5.92 Å². The summed E-state index contributed by atoms with van der Waals surface area (Å²) in [6.07, 6.45) is 12.5. The van der Waals surface area contributed by atoms with Crippen LogP contribution in [0.1, 0.15) is 76.0 Å². The molecule has 0 amide bonds. The Morgan fingerprint density at radius 1 is 1.07 bits per heavy atom. The molecule has 2 aliphatic carbocycles. The lowest BCUT2D eigenvalue weighted by Crippen LogP contribution is -2.41. The first-order valence-electron chi connectivity index (χ1n) is 11.5. The molecule has 1 unspecified atom stereocenters. The molecule has 1 saturated carbocycles. The molecule has 0 spiro atoms. The molecule has 2 fully saturated rings. The summed E-state index contributed by atoms with van der Waals surface area (Å²) in [6, 6.07) is 0.994. The Morgan fingerprint density at radius 2 is 1.86 bits per heavy atom. The summed E-state index contributed by atoms with van der Waals surface area (Å²) in [5, 5.41) is 6.11. The number of rotatable bonds is 4. The number of nitrogens with zero attached hydrogens (tertiary/aromatic N) is 4. The van der Waals surface area contributed by atoms with E-state index < -0.39 is 0 Å². The molecule has 3 heterocycles. The van der Waals surface area contributed by atoms with Crippen LogP contribution >= 0.6 is 0 Å². The highest BCUT2D eigenvalue weighted by Gasteiger charge is 2.30. The lowest BCUT2D eigenvalue weighted by Gasteiger charge is -2.36. The van der Waals surface area contributed by atoms with Gasteiger partial charge in [-0.05, 0) is 89.7 Å². The lowest BCUT2D eigenvalue weighted by molar-refractivity contribution is 0.129. The molecule has 0 aromatic carbocycles. The molecule has 1 saturated heterocycles. The summed E-state index contributed by atoms with van der Waals surface area (Å²) in [5.41, 5.74) is 3.81. The molecule has 5 rings (SSSR count). The van der Waals surface area contributed by atoms with Gasteiger partial charge < -0.3 is 4.90 Å². The van der Waals surface area contributed by atoms with Crippen LogP contribution in [0.2, 0.25) is 0 Å². The summed E-state index contributed by atoms with van der Waals surface area (Å²) in [7, 11) is 0. The average Bonchev–Trinajstić information content (AvgIpc) is 3.07. The van der Waals surface area contributed by atoms with Crippen LogP contribution in [0.3, 0.4) is 0 Å². The summed E-state index contributed by atoms with van der Waals surface area (Å²) in [6.45, 7) is 7.90. The van der Waals surface area contributed by atoms with E-state index in [1.807, 2.05) is 0 Å². The third-order valence-electron chi connectivity index (χ3n) is 7.46. The highest BCUT2D eigenvalue weighted by molar-refractivity contribution is 5.81. The summed E-state index contributed by atoms with van der Waals surface area (Å²) in [4.78, 5) is 16.1. The number of likely N-dealkylation sites (tertiary alicyclic amines) is 1. The number of aromatic nitrogens is 3. The molecule has 5 heteroatoms. The topological polar surface area (TPSA) is 43.1 Å². The smallest absolute Gasteiger partial charge is 0.255 e. The van der Waals surface area contributed by atoms with Gasteiger partial charge in [0.25, 0.3) is 5.56 Å². The molecule has 2 aromatic heterocycles. The van der Waals surface area contributed by atoms with Crippen molar-refractivity contribution in [2.45, 2.75) is 90.3 Å². The average molecular weight is 383 g/mol. The van der Waals surface area contributed by atoms with E-state index in [9.17, 15) is 4.79 Å². The van der Waals surface area contributed by atoms with Gasteiger partial charge in [0, 0.05) is 36.1 Å².